The average Bonchev–Trinajstić information content (AvgIpc) is 3.28. The van der Waals surface area contributed by atoms with Gasteiger partial charge in [-0.25, -0.2) is 4.79 Å². The van der Waals surface area contributed by atoms with E-state index >= 15 is 0 Å². The number of hydrogen-bond donors (Lipinski definition) is 0. The van der Waals surface area contributed by atoms with Gasteiger partial charge in [-0.3, -0.25) is 4.79 Å². The Morgan fingerprint density at radius 2 is 2.11 bits per heavy atom. The molecule has 1 amide bonds. The van der Waals surface area contributed by atoms with Crippen molar-refractivity contribution in [2.24, 2.45) is 0 Å². The van der Waals surface area contributed by atoms with Crippen LogP contribution < -0.4 is 4.74 Å². The van der Waals surface area contributed by atoms with Crippen LogP contribution in [0.5, 0.6) is 5.75 Å². The molecule has 0 radical (unpaired) electrons. The molecular weight excluding hydrogens is 411 g/mol. The molecule has 1 aromatic heterocycles. The number of para-hydroxylation sites is 1. The highest BCUT2D eigenvalue weighted by Gasteiger charge is 2.36. The highest BCUT2D eigenvalue weighted by molar-refractivity contribution is 7.06. The van der Waals surface area contributed by atoms with E-state index in [1.54, 1.807) is 29.2 Å². The van der Waals surface area contributed by atoms with Crippen molar-refractivity contribution in [1.82, 2.24) is 9.27 Å². The van der Waals surface area contributed by atoms with Gasteiger partial charge in [0.25, 0.3) is 5.91 Å². The van der Waals surface area contributed by atoms with Gasteiger partial charge in [0.2, 0.25) is 0 Å². The zero-order valence-electron chi connectivity index (χ0n) is 14.6. The SMILES string of the molecule is CCOc1ccccc1C(=O)N1CCC[C@H]1C(=O)OCc1snc(Cl)c1Cl. The normalized spacial score (nSPS) is 16.4. The van der Waals surface area contributed by atoms with Crippen LogP contribution in [-0.4, -0.2) is 40.3 Å². The Morgan fingerprint density at radius 1 is 1.33 bits per heavy atom. The molecule has 1 fully saturated rings. The molecule has 0 saturated carbocycles. The van der Waals surface area contributed by atoms with Gasteiger partial charge in [0.15, 0.2) is 5.15 Å². The molecule has 1 aliphatic heterocycles. The van der Waals surface area contributed by atoms with E-state index in [-0.39, 0.29) is 17.7 Å². The highest BCUT2D eigenvalue weighted by Crippen LogP contribution is 2.30. The summed E-state index contributed by atoms with van der Waals surface area (Å²) in [5.41, 5.74) is 0.441. The molecule has 1 atom stereocenters. The molecule has 2 aromatic rings. The number of aromatic nitrogens is 1. The van der Waals surface area contributed by atoms with E-state index in [9.17, 15) is 9.59 Å². The molecule has 3 rings (SSSR count). The summed E-state index contributed by atoms with van der Waals surface area (Å²) >= 11 is 12.9. The average molecular weight is 429 g/mol. The number of likely N-dealkylation sites (tertiary alicyclic amines) is 1. The van der Waals surface area contributed by atoms with E-state index in [2.05, 4.69) is 4.37 Å². The number of halogens is 2. The van der Waals surface area contributed by atoms with Crippen molar-refractivity contribution in [1.29, 1.82) is 0 Å². The maximum absolute atomic E-state index is 13.0. The summed E-state index contributed by atoms with van der Waals surface area (Å²) in [7, 11) is 0. The van der Waals surface area contributed by atoms with E-state index < -0.39 is 12.0 Å². The fourth-order valence-corrected chi connectivity index (χ4v) is 4.04. The molecule has 0 unspecified atom stereocenters. The van der Waals surface area contributed by atoms with Crippen LogP contribution in [0.2, 0.25) is 10.2 Å². The van der Waals surface area contributed by atoms with Crippen LogP contribution in [0.25, 0.3) is 0 Å². The minimum absolute atomic E-state index is 0.0177. The molecule has 0 N–H and O–H groups in total. The van der Waals surface area contributed by atoms with Crippen LogP contribution in [0.3, 0.4) is 0 Å². The van der Waals surface area contributed by atoms with E-state index in [1.165, 1.54) is 0 Å². The lowest BCUT2D eigenvalue weighted by molar-refractivity contribution is -0.149. The van der Waals surface area contributed by atoms with Gasteiger partial charge >= 0.3 is 5.97 Å². The van der Waals surface area contributed by atoms with Gasteiger partial charge in [-0.2, -0.15) is 4.37 Å². The zero-order valence-corrected chi connectivity index (χ0v) is 16.9. The topological polar surface area (TPSA) is 68.7 Å². The molecule has 144 valence electrons. The quantitative estimate of drug-likeness (QED) is 0.644. The van der Waals surface area contributed by atoms with Crippen molar-refractivity contribution >= 4 is 46.6 Å². The minimum Gasteiger partial charge on any atom is -0.493 e. The van der Waals surface area contributed by atoms with E-state index in [0.717, 1.165) is 18.0 Å². The fourth-order valence-electron chi connectivity index (χ4n) is 2.95. The van der Waals surface area contributed by atoms with E-state index in [4.69, 9.17) is 32.7 Å². The van der Waals surface area contributed by atoms with E-state index in [1.807, 2.05) is 6.92 Å². The lowest BCUT2D eigenvalue weighted by atomic mass is 10.1. The molecule has 6 nitrogen and oxygen atoms in total. The summed E-state index contributed by atoms with van der Waals surface area (Å²) in [6.07, 6.45) is 1.29. The van der Waals surface area contributed by atoms with Gasteiger partial charge in [0.1, 0.15) is 18.4 Å². The van der Waals surface area contributed by atoms with Crippen LogP contribution >= 0.6 is 34.7 Å². The van der Waals surface area contributed by atoms with Crippen LogP contribution in [-0.2, 0) is 16.1 Å². The van der Waals surface area contributed by atoms with Crippen molar-refractivity contribution in [3.8, 4) is 5.75 Å². The standard InChI is InChI=1S/C18H18Cl2N2O4S/c1-2-25-13-8-4-3-6-11(13)17(23)22-9-5-7-12(22)18(24)26-10-14-15(19)16(20)21-27-14/h3-4,6,8,12H,2,5,7,9-10H2,1H3/t12-/m0/s1. The molecule has 2 heterocycles. The lowest BCUT2D eigenvalue weighted by Gasteiger charge is -2.24. The number of ether oxygens (including phenoxy) is 2. The molecule has 0 spiro atoms. The Kier molecular flexibility index (Phi) is 6.57. The van der Waals surface area contributed by atoms with Gasteiger partial charge in [0, 0.05) is 6.54 Å². The Hall–Kier alpha value is -1.83. The van der Waals surface area contributed by atoms with Gasteiger partial charge in [-0.05, 0) is 43.4 Å². The number of nitrogens with zero attached hydrogens (tertiary/aromatic N) is 2. The van der Waals surface area contributed by atoms with Crippen LogP contribution in [0.1, 0.15) is 35.0 Å². The van der Waals surface area contributed by atoms with Crippen LogP contribution in [0.15, 0.2) is 24.3 Å². The second-order valence-corrected chi connectivity index (χ2v) is 7.50. The van der Waals surface area contributed by atoms with Crippen LogP contribution in [0.4, 0.5) is 0 Å². The number of rotatable bonds is 6. The first kappa shape index (κ1) is 19.9. The molecule has 0 aliphatic carbocycles. The number of benzene rings is 1. The molecule has 0 bridgehead atoms. The summed E-state index contributed by atoms with van der Waals surface area (Å²) < 4.78 is 14.8. The third-order valence-electron chi connectivity index (χ3n) is 4.21. The zero-order chi connectivity index (χ0) is 19.4. The monoisotopic (exact) mass is 428 g/mol. The first-order valence-corrected chi connectivity index (χ1v) is 10.0. The van der Waals surface area contributed by atoms with Gasteiger partial charge in [-0.1, -0.05) is 35.3 Å². The van der Waals surface area contributed by atoms with E-state index in [0.29, 0.717) is 40.8 Å². The van der Waals surface area contributed by atoms with Gasteiger partial charge < -0.3 is 14.4 Å². The molecule has 27 heavy (non-hydrogen) atoms. The third kappa shape index (κ3) is 4.36. The second kappa shape index (κ2) is 8.91. The molecular formula is C18H18Cl2N2O4S. The number of hydrogen-bond acceptors (Lipinski definition) is 6. The summed E-state index contributed by atoms with van der Waals surface area (Å²) in [5, 5.41) is 0.484. The lowest BCUT2D eigenvalue weighted by Crippen LogP contribution is -2.41. The first-order valence-electron chi connectivity index (χ1n) is 8.52. The van der Waals surface area contributed by atoms with Gasteiger partial charge in [0.05, 0.1) is 22.1 Å². The smallest absolute Gasteiger partial charge is 0.329 e. The summed E-state index contributed by atoms with van der Waals surface area (Å²) in [6, 6.07) is 6.40. The van der Waals surface area contributed by atoms with Crippen molar-refractivity contribution in [3.05, 3.63) is 44.9 Å². The Bertz CT molecular complexity index is 843. The number of carbonyl (C=O) groups excluding carboxylic acids is 2. The van der Waals surface area contributed by atoms with Crippen molar-refractivity contribution in [3.63, 3.8) is 0 Å². The number of esters is 1. The Labute approximate surface area is 171 Å². The van der Waals surface area contributed by atoms with Crippen LogP contribution in [0, 0.1) is 0 Å². The largest absolute Gasteiger partial charge is 0.493 e. The predicted octanol–water partition coefficient (Wildman–Crippen LogP) is 4.20. The number of amides is 1. The molecule has 1 saturated heterocycles. The number of carbonyl (C=O) groups is 2. The summed E-state index contributed by atoms with van der Waals surface area (Å²) in [4.78, 5) is 27.7. The van der Waals surface area contributed by atoms with Crippen molar-refractivity contribution in [2.45, 2.75) is 32.4 Å². The minimum atomic E-state index is -0.630. The van der Waals surface area contributed by atoms with Crippen molar-refractivity contribution < 1.29 is 19.1 Å². The molecule has 1 aromatic carbocycles. The van der Waals surface area contributed by atoms with Crippen molar-refractivity contribution in [2.75, 3.05) is 13.2 Å². The molecule has 1 aliphatic rings. The fraction of sp³-hybridized carbons (Fsp3) is 0.389. The Balaban J connectivity index is 1.70. The van der Waals surface area contributed by atoms with Gasteiger partial charge in [-0.15, -0.1) is 0 Å². The predicted molar refractivity (Wildman–Crippen MR) is 104 cm³/mol. The highest BCUT2D eigenvalue weighted by atomic mass is 35.5. The Morgan fingerprint density at radius 3 is 2.81 bits per heavy atom. The maximum atomic E-state index is 13.0. The molecule has 9 heteroatoms. The third-order valence-corrected chi connectivity index (χ3v) is 6.02. The summed E-state index contributed by atoms with van der Waals surface area (Å²) in [6.45, 7) is 2.78. The maximum Gasteiger partial charge on any atom is 0.329 e. The first-order chi connectivity index (χ1) is 13.0. The summed E-state index contributed by atoms with van der Waals surface area (Å²) in [5.74, 6) is -0.192. The second-order valence-electron chi connectivity index (χ2n) is 5.90.